The number of ether oxygens (including phenoxy) is 1. The summed E-state index contributed by atoms with van der Waals surface area (Å²) in [6.07, 6.45) is 0. The fourth-order valence-electron chi connectivity index (χ4n) is 1.73. The van der Waals surface area contributed by atoms with Crippen LogP contribution in [0, 0.1) is 6.92 Å². The molecule has 0 atom stereocenters. The van der Waals surface area contributed by atoms with E-state index >= 15 is 0 Å². The first-order valence-electron chi connectivity index (χ1n) is 5.96. The number of hydrogen-bond acceptors (Lipinski definition) is 3. The van der Waals surface area contributed by atoms with Gasteiger partial charge in [-0.2, -0.15) is 0 Å². The van der Waals surface area contributed by atoms with E-state index in [4.69, 9.17) is 16.3 Å². The SMILES string of the molecule is COc1ccc(NS(=O)(=O)c2ccc(Br)c(C)c2)cc1Cl. The average Bonchev–Trinajstić information content (AvgIpc) is 2.41. The van der Waals surface area contributed by atoms with Gasteiger partial charge in [0.05, 0.1) is 22.7 Å². The molecule has 0 aliphatic carbocycles. The highest BCUT2D eigenvalue weighted by atomic mass is 79.9. The summed E-state index contributed by atoms with van der Waals surface area (Å²) in [4.78, 5) is 0.190. The van der Waals surface area contributed by atoms with Crippen LogP contribution in [0.2, 0.25) is 5.02 Å². The van der Waals surface area contributed by atoms with Crippen LogP contribution in [0.4, 0.5) is 5.69 Å². The first kappa shape index (κ1) is 16.1. The van der Waals surface area contributed by atoms with E-state index in [1.165, 1.54) is 19.2 Å². The van der Waals surface area contributed by atoms with Gasteiger partial charge in [0.15, 0.2) is 0 Å². The lowest BCUT2D eigenvalue weighted by Crippen LogP contribution is -2.13. The zero-order valence-corrected chi connectivity index (χ0v) is 14.5. The van der Waals surface area contributed by atoms with E-state index in [1.807, 2.05) is 6.92 Å². The zero-order chi connectivity index (χ0) is 15.6. The summed E-state index contributed by atoms with van der Waals surface area (Å²) >= 11 is 9.33. The number of sulfonamides is 1. The predicted octanol–water partition coefficient (Wildman–Crippen LogP) is 4.22. The smallest absolute Gasteiger partial charge is 0.261 e. The molecule has 0 aliphatic rings. The molecule has 0 aliphatic heterocycles. The van der Waals surface area contributed by atoms with Crippen LogP contribution in [0.1, 0.15) is 5.56 Å². The van der Waals surface area contributed by atoms with Gasteiger partial charge in [-0.25, -0.2) is 8.42 Å². The van der Waals surface area contributed by atoms with Gasteiger partial charge in [-0.1, -0.05) is 27.5 Å². The molecule has 4 nitrogen and oxygen atoms in total. The summed E-state index contributed by atoms with van der Waals surface area (Å²) in [5.74, 6) is 0.485. The van der Waals surface area contributed by atoms with Crippen LogP contribution in [-0.2, 0) is 10.0 Å². The molecule has 21 heavy (non-hydrogen) atoms. The number of methoxy groups -OCH3 is 1. The van der Waals surface area contributed by atoms with Gasteiger partial charge in [0, 0.05) is 4.47 Å². The van der Waals surface area contributed by atoms with Crippen molar-refractivity contribution in [3.8, 4) is 5.75 Å². The summed E-state index contributed by atoms with van der Waals surface area (Å²) in [5.41, 5.74) is 1.21. The molecule has 2 aromatic rings. The van der Waals surface area contributed by atoms with Crippen molar-refractivity contribution in [2.24, 2.45) is 0 Å². The van der Waals surface area contributed by atoms with Gasteiger partial charge in [-0.05, 0) is 48.9 Å². The van der Waals surface area contributed by atoms with Gasteiger partial charge in [0.2, 0.25) is 0 Å². The highest BCUT2D eigenvalue weighted by molar-refractivity contribution is 9.10. The Labute approximate surface area is 137 Å². The molecule has 112 valence electrons. The number of hydrogen-bond donors (Lipinski definition) is 1. The van der Waals surface area contributed by atoms with Crippen LogP contribution >= 0.6 is 27.5 Å². The molecule has 0 spiro atoms. The maximum atomic E-state index is 12.3. The van der Waals surface area contributed by atoms with E-state index in [1.54, 1.807) is 24.3 Å². The Balaban J connectivity index is 2.32. The Morgan fingerprint density at radius 3 is 2.48 bits per heavy atom. The first-order chi connectivity index (χ1) is 9.83. The number of halogens is 2. The maximum Gasteiger partial charge on any atom is 0.261 e. The van der Waals surface area contributed by atoms with E-state index in [0.29, 0.717) is 16.5 Å². The summed E-state index contributed by atoms with van der Waals surface area (Å²) < 4.78 is 33.0. The van der Waals surface area contributed by atoms with Crippen LogP contribution in [-0.4, -0.2) is 15.5 Å². The van der Waals surface area contributed by atoms with E-state index in [9.17, 15) is 8.42 Å². The molecule has 0 fully saturated rings. The van der Waals surface area contributed by atoms with Crippen molar-refractivity contribution in [1.29, 1.82) is 0 Å². The van der Waals surface area contributed by atoms with Gasteiger partial charge in [0.25, 0.3) is 10.0 Å². The third kappa shape index (κ3) is 3.70. The minimum Gasteiger partial charge on any atom is -0.495 e. The second kappa shape index (κ2) is 6.25. The molecule has 0 bridgehead atoms. The third-order valence-electron chi connectivity index (χ3n) is 2.84. The molecule has 0 aromatic heterocycles. The average molecular weight is 391 g/mol. The standard InChI is InChI=1S/C14H13BrClNO3S/c1-9-7-11(4-5-12(9)15)21(18,19)17-10-3-6-14(20-2)13(16)8-10/h3-8,17H,1-2H3. The number of benzene rings is 2. The third-order valence-corrected chi connectivity index (χ3v) is 5.41. The fourth-order valence-corrected chi connectivity index (χ4v) is 3.37. The summed E-state index contributed by atoms with van der Waals surface area (Å²) in [6, 6.07) is 9.53. The van der Waals surface area contributed by atoms with Crippen molar-refractivity contribution in [3.63, 3.8) is 0 Å². The molecule has 0 radical (unpaired) electrons. The van der Waals surface area contributed by atoms with Crippen molar-refractivity contribution in [3.05, 3.63) is 51.5 Å². The molecule has 0 saturated carbocycles. The molecular weight excluding hydrogens is 378 g/mol. The van der Waals surface area contributed by atoms with Crippen molar-refractivity contribution < 1.29 is 13.2 Å². The molecule has 7 heteroatoms. The Hall–Kier alpha value is -1.24. The number of aryl methyl sites for hydroxylation is 1. The molecule has 2 aromatic carbocycles. The lowest BCUT2D eigenvalue weighted by atomic mass is 10.2. The van der Waals surface area contributed by atoms with Crippen LogP contribution in [0.3, 0.4) is 0 Å². The summed E-state index contributed by atoms with van der Waals surface area (Å²) in [7, 11) is -2.16. The molecular formula is C14H13BrClNO3S. The van der Waals surface area contributed by atoms with E-state index in [0.717, 1.165) is 10.0 Å². The van der Waals surface area contributed by atoms with Crippen molar-refractivity contribution in [2.45, 2.75) is 11.8 Å². The second-order valence-corrected chi connectivity index (χ2v) is 7.31. The van der Waals surface area contributed by atoms with E-state index in [2.05, 4.69) is 20.7 Å². The lowest BCUT2D eigenvalue weighted by molar-refractivity contribution is 0.415. The van der Waals surface area contributed by atoms with Gasteiger partial charge < -0.3 is 4.74 Å². The Kier molecular flexibility index (Phi) is 4.81. The van der Waals surface area contributed by atoms with Crippen LogP contribution in [0.25, 0.3) is 0 Å². The van der Waals surface area contributed by atoms with E-state index < -0.39 is 10.0 Å². The summed E-state index contributed by atoms with van der Waals surface area (Å²) in [5, 5.41) is 0.338. The quantitative estimate of drug-likeness (QED) is 0.850. The van der Waals surface area contributed by atoms with Crippen molar-refractivity contribution in [2.75, 3.05) is 11.8 Å². The topological polar surface area (TPSA) is 55.4 Å². The minimum absolute atomic E-state index is 0.190. The fraction of sp³-hybridized carbons (Fsp3) is 0.143. The molecule has 0 unspecified atom stereocenters. The largest absolute Gasteiger partial charge is 0.495 e. The molecule has 0 heterocycles. The van der Waals surface area contributed by atoms with E-state index in [-0.39, 0.29) is 4.90 Å². The molecule has 2 rings (SSSR count). The van der Waals surface area contributed by atoms with Crippen LogP contribution in [0.5, 0.6) is 5.75 Å². The second-order valence-electron chi connectivity index (χ2n) is 4.37. The van der Waals surface area contributed by atoms with Crippen molar-refractivity contribution in [1.82, 2.24) is 0 Å². The summed E-state index contributed by atoms with van der Waals surface area (Å²) in [6.45, 7) is 1.83. The van der Waals surface area contributed by atoms with Crippen LogP contribution < -0.4 is 9.46 Å². The Morgan fingerprint density at radius 2 is 1.90 bits per heavy atom. The first-order valence-corrected chi connectivity index (χ1v) is 8.61. The number of anilines is 1. The minimum atomic E-state index is -3.66. The van der Waals surface area contributed by atoms with Gasteiger partial charge in [-0.3, -0.25) is 4.72 Å². The zero-order valence-electron chi connectivity index (χ0n) is 11.4. The molecule has 1 N–H and O–H groups in total. The molecule has 0 saturated heterocycles. The Bertz CT molecular complexity index is 778. The van der Waals surface area contributed by atoms with Gasteiger partial charge in [-0.15, -0.1) is 0 Å². The predicted molar refractivity (Wildman–Crippen MR) is 87.7 cm³/mol. The van der Waals surface area contributed by atoms with Crippen LogP contribution in [0.15, 0.2) is 45.8 Å². The monoisotopic (exact) mass is 389 g/mol. The number of nitrogens with one attached hydrogen (secondary N) is 1. The van der Waals surface area contributed by atoms with Gasteiger partial charge >= 0.3 is 0 Å². The normalized spacial score (nSPS) is 11.2. The van der Waals surface area contributed by atoms with Crippen molar-refractivity contribution >= 4 is 43.2 Å². The maximum absolute atomic E-state index is 12.3. The number of rotatable bonds is 4. The highest BCUT2D eigenvalue weighted by Gasteiger charge is 2.15. The highest BCUT2D eigenvalue weighted by Crippen LogP contribution is 2.29. The lowest BCUT2D eigenvalue weighted by Gasteiger charge is -2.11. The van der Waals surface area contributed by atoms with Gasteiger partial charge in [0.1, 0.15) is 5.75 Å². The Morgan fingerprint density at radius 1 is 1.19 bits per heavy atom. The molecule has 0 amide bonds.